The molecule has 90 valence electrons. The number of benzene rings is 2. The summed E-state index contributed by atoms with van der Waals surface area (Å²) in [6, 6.07) is 10.1. The highest BCUT2D eigenvalue weighted by molar-refractivity contribution is 9.10. The van der Waals surface area contributed by atoms with E-state index in [0.717, 1.165) is 16.6 Å². The minimum atomic E-state index is -0.911. The zero-order valence-electron chi connectivity index (χ0n) is 8.95. The molecule has 5 heteroatoms. The number of hydrogen-bond acceptors (Lipinski definition) is 2. The van der Waals surface area contributed by atoms with Crippen molar-refractivity contribution in [3.8, 4) is 17.6 Å². The molecular weight excluding hydrogens is 304 g/mol. The summed E-state index contributed by atoms with van der Waals surface area (Å²) in [6.45, 7) is 0. The largest absolute Gasteiger partial charge is 0.451 e. The number of rotatable bonds is 2. The third-order valence-corrected chi connectivity index (χ3v) is 2.64. The van der Waals surface area contributed by atoms with Gasteiger partial charge in [-0.15, -0.1) is 0 Å². The van der Waals surface area contributed by atoms with E-state index in [1.54, 1.807) is 30.3 Å². The Labute approximate surface area is 111 Å². The van der Waals surface area contributed by atoms with E-state index < -0.39 is 17.4 Å². The zero-order valence-corrected chi connectivity index (χ0v) is 10.5. The predicted molar refractivity (Wildman–Crippen MR) is 65.3 cm³/mol. The molecular formula is C13H6BrF2NO. The van der Waals surface area contributed by atoms with Crippen LogP contribution >= 0.6 is 15.9 Å². The molecule has 0 aliphatic carbocycles. The molecule has 0 radical (unpaired) electrons. The van der Waals surface area contributed by atoms with Crippen LogP contribution in [0, 0.1) is 23.0 Å². The third kappa shape index (κ3) is 2.66. The Morgan fingerprint density at radius 3 is 2.33 bits per heavy atom. The summed E-state index contributed by atoms with van der Waals surface area (Å²) in [6.07, 6.45) is 0. The number of nitriles is 1. The number of nitrogens with zero attached hydrogens (tertiary/aromatic N) is 1. The van der Waals surface area contributed by atoms with Gasteiger partial charge in [-0.1, -0.05) is 22.0 Å². The van der Waals surface area contributed by atoms with Crippen molar-refractivity contribution < 1.29 is 13.5 Å². The van der Waals surface area contributed by atoms with Gasteiger partial charge in [0.1, 0.15) is 5.75 Å². The van der Waals surface area contributed by atoms with Crippen LogP contribution in [0.5, 0.6) is 11.5 Å². The zero-order chi connectivity index (χ0) is 13.1. The van der Waals surface area contributed by atoms with Gasteiger partial charge in [-0.25, -0.2) is 8.78 Å². The first-order valence-electron chi connectivity index (χ1n) is 4.92. The van der Waals surface area contributed by atoms with Crippen LogP contribution in [0.1, 0.15) is 5.56 Å². The Morgan fingerprint density at radius 2 is 1.78 bits per heavy atom. The van der Waals surface area contributed by atoms with Crippen molar-refractivity contribution in [2.75, 3.05) is 0 Å². The van der Waals surface area contributed by atoms with Crippen LogP contribution in [0.25, 0.3) is 0 Å². The monoisotopic (exact) mass is 309 g/mol. The Morgan fingerprint density at radius 1 is 1.11 bits per heavy atom. The molecule has 18 heavy (non-hydrogen) atoms. The third-order valence-electron chi connectivity index (χ3n) is 2.14. The fourth-order valence-electron chi connectivity index (χ4n) is 1.37. The van der Waals surface area contributed by atoms with Crippen LogP contribution in [0.4, 0.5) is 8.78 Å². The van der Waals surface area contributed by atoms with Gasteiger partial charge in [0.2, 0.25) is 0 Å². The van der Waals surface area contributed by atoms with E-state index in [1.165, 1.54) is 0 Å². The highest BCUT2D eigenvalue weighted by atomic mass is 79.9. The summed E-state index contributed by atoms with van der Waals surface area (Å²) in [5, 5.41) is 8.57. The predicted octanol–water partition coefficient (Wildman–Crippen LogP) is 4.39. The van der Waals surface area contributed by atoms with Gasteiger partial charge < -0.3 is 4.74 Å². The van der Waals surface area contributed by atoms with Gasteiger partial charge in [-0.3, -0.25) is 0 Å². The molecule has 0 atom stereocenters. The van der Waals surface area contributed by atoms with E-state index in [9.17, 15) is 8.78 Å². The molecule has 0 saturated carbocycles. The maximum Gasteiger partial charge on any atom is 0.198 e. The standard InChI is InChI=1S/C13H6BrF2NO/c14-9-2-1-3-10(6-9)18-13-11(15)4-8(7-17)5-12(13)16/h1-6H. The first kappa shape index (κ1) is 12.5. The van der Waals surface area contributed by atoms with Crippen molar-refractivity contribution in [1.29, 1.82) is 5.26 Å². The lowest BCUT2D eigenvalue weighted by molar-refractivity contribution is 0.407. The maximum absolute atomic E-state index is 13.6. The molecule has 0 N–H and O–H groups in total. The van der Waals surface area contributed by atoms with E-state index in [-0.39, 0.29) is 5.56 Å². The van der Waals surface area contributed by atoms with E-state index in [1.807, 2.05) is 0 Å². The maximum atomic E-state index is 13.6. The second kappa shape index (κ2) is 5.15. The molecule has 0 spiro atoms. The van der Waals surface area contributed by atoms with Crippen LogP contribution in [-0.4, -0.2) is 0 Å². The molecule has 0 fully saturated rings. The van der Waals surface area contributed by atoms with Gasteiger partial charge in [0.05, 0.1) is 11.6 Å². The lowest BCUT2D eigenvalue weighted by Crippen LogP contribution is -1.94. The summed E-state index contributed by atoms with van der Waals surface area (Å²) in [7, 11) is 0. The average molecular weight is 310 g/mol. The Bertz CT molecular complexity index is 614. The molecule has 0 aliphatic rings. The molecule has 0 heterocycles. The van der Waals surface area contributed by atoms with Crippen molar-refractivity contribution >= 4 is 15.9 Å². The molecule has 2 aromatic rings. The fraction of sp³-hybridized carbons (Fsp3) is 0. The Hall–Kier alpha value is -1.93. The van der Waals surface area contributed by atoms with Crippen molar-refractivity contribution in [1.82, 2.24) is 0 Å². The van der Waals surface area contributed by atoms with Gasteiger partial charge in [-0.05, 0) is 30.3 Å². The number of ether oxygens (including phenoxy) is 1. The Kier molecular flexibility index (Phi) is 3.58. The van der Waals surface area contributed by atoms with Crippen LogP contribution in [0.2, 0.25) is 0 Å². The quantitative estimate of drug-likeness (QED) is 0.824. The molecule has 2 nitrogen and oxygen atoms in total. The summed E-state index contributed by atoms with van der Waals surface area (Å²) < 4.78 is 33.0. The molecule has 0 unspecified atom stereocenters. The summed E-state index contributed by atoms with van der Waals surface area (Å²) >= 11 is 3.22. The van der Waals surface area contributed by atoms with Crippen LogP contribution < -0.4 is 4.74 Å². The van der Waals surface area contributed by atoms with Crippen molar-refractivity contribution in [2.24, 2.45) is 0 Å². The van der Waals surface area contributed by atoms with Gasteiger partial charge >= 0.3 is 0 Å². The Balaban J connectivity index is 2.38. The van der Waals surface area contributed by atoms with E-state index >= 15 is 0 Å². The van der Waals surface area contributed by atoms with Gasteiger partial charge in [0.15, 0.2) is 17.4 Å². The molecule has 0 saturated heterocycles. The second-order valence-electron chi connectivity index (χ2n) is 3.44. The highest BCUT2D eigenvalue weighted by Gasteiger charge is 2.13. The smallest absolute Gasteiger partial charge is 0.198 e. The van der Waals surface area contributed by atoms with E-state index in [2.05, 4.69) is 15.9 Å². The molecule has 0 bridgehead atoms. The molecule has 2 aromatic carbocycles. The minimum absolute atomic E-state index is 0.0911. The fourth-order valence-corrected chi connectivity index (χ4v) is 1.75. The van der Waals surface area contributed by atoms with Crippen molar-refractivity contribution in [3.05, 3.63) is 58.1 Å². The molecule has 2 rings (SSSR count). The second-order valence-corrected chi connectivity index (χ2v) is 4.36. The van der Waals surface area contributed by atoms with Crippen LogP contribution in [0.3, 0.4) is 0 Å². The molecule has 0 amide bonds. The van der Waals surface area contributed by atoms with E-state index in [4.69, 9.17) is 10.00 Å². The average Bonchev–Trinajstić information content (AvgIpc) is 2.33. The first-order chi connectivity index (χ1) is 8.60. The van der Waals surface area contributed by atoms with Crippen molar-refractivity contribution in [2.45, 2.75) is 0 Å². The van der Waals surface area contributed by atoms with Gasteiger partial charge in [0, 0.05) is 4.47 Å². The molecule has 0 aliphatic heterocycles. The SMILES string of the molecule is N#Cc1cc(F)c(Oc2cccc(Br)c2)c(F)c1. The summed E-state index contributed by atoms with van der Waals surface area (Å²) in [5.74, 6) is -2.04. The lowest BCUT2D eigenvalue weighted by atomic mass is 10.2. The van der Waals surface area contributed by atoms with Gasteiger partial charge in [-0.2, -0.15) is 5.26 Å². The molecule has 0 aromatic heterocycles. The van der Waals surface area contributed by atoms with Gasteiger partial charge in [0.25, 0.3) is 0 Å². The number of hydrogen-bond donors (Lipinski definition) is 0. The van der Waals surface area contributed by atoms with E-state index in [0.29, 0.717) is 5.75 Å². The first-order valence-corrected chi connectivity index (χ1v) is 5.72. The topological polar surface area (TPSA) is 33.0 Å². The summed E-state index contributed by atoms with van der Waals surface area (Å²) in [5.41, 5.74) is -0.0911. The highest BCUT2D eigenvalue weighted by Crippen LogP contribution is 2.29. The summed E-state index contributed by atoms with van der Waals surface area (Å²) in [4.78, 5) is 0. The van der Waals surface area contributed by atoms with Crippen LogP contribution in [-0.2, 0) is 0 Å². The number of halogens is 3. The minimum Gasteiger partial charge on any atom is -0.451 e. The van der Waals surface area contributed by atoms with Crippen LogP contribution in [0.15, 0.2) is 40.9 Å². The van der Waals surface area contributed by atoms with Crippen molar-refractivity contribution in [3.63, 3.8) is 0 Å². The normalized spacial score (nSPS) is 9.89. The lowest BCUT2D eigenvalue weighted by Gasteiger charge is -2.08.